The van der Waals surface area contributed by atoms with Crippen LogP contribution < -0.4 is 5.73 Å². The Bertz CT molecular complexity index is 491. The van der Waals surface area contributed by atoms with Gasteiger partial charge in [0.1, 0.15) is 0 Å². The lowest BCUT2D eigenvalue weighted by Gasteiger charge is -2.40. The number of hydrogen-bond donors (Lipinski definition) is 1. The molecule has 0 saturated heterocycles. The van der Waals surface area contributed by atoms with Crippen LogP contribution in [-0.2, 0) is 11.7 Å². The molecule has 106 valence electrons. The van der Waals surface area contributed by atoms with E-state index < -0.39 is 17.3 Å². The highest BCUT2D eigenvalue weighted by Gasteiger charge is 2.47. The molecule has 1 aliphatic rings. The summed E-state index contributed by atoms with van der Waals surface area (Å²) in [4.78, 5) is 0. The summed E-state index contributed by atoms with van der Waals surface area (Å²) in [6, 6.07) is 3.91. The molecule has 1 aromatic rings. The third kappa shape index (κ3) is 2.27. The third-order valence-electron chi connectivity index (χ3n) is 4.61. The molecule has 1 atom stereocenters. The molecule has 1 nitrogen and oxygen atoms in total. The Kier molecular flexibility index (Phi) is 3.21. The van der Waals surface area contributed by atoms with Crippen LogP contribution in [0.5, 0.6) is 0 Å². The van der Waals surface area contributed by atoms with Crippen molar-refractivity contribution in [2.75, 3.05) is 0 Å². The van der Waals surface area contributed by atoms with Crippen LogP contribution in [0.1, 0.15) is 49.8 Å². The number of nitrogens with two attached hydrogens (primary N) is 1. The van der Waals surface area contributed by atoms with Crippen molar-refractivity contribution in [1.82, 2.24) is 0 Å². The highest BCUT2D eigenvalue weighted by Crippen LogP contribution is 2.51. The molecule has 0 amide bonds. The summed E-state index contributed by atoms with van der Waals surface area (Å²) in [5.74, 6) is 0. The summed E-state index contributed by atoms with van der Waals surface area (Å²) in [7, 11) is 0. The molecule has 1 aromatic carbocycles. The summed E-state index contributed by atoms with van der Waals surface area (Å²) in [5.41, 5.74) is 6.80. The van der Waals surface area contributed by atoms with Gasteiger partial charge in [0.15, 0.2) is 0 Å². The molecule has 0 aliphatic heterocycles. The van der Waals surface area contributed by atoms with E-state index in [1.807, 2.05) is 0 Å². The third-order valence-corrected chi connectivity index (χ3v) is 4.61. The average Bonchev–Trinajstić information content (AvgIpc) is 2.52. The lowest BCUT2D eigenvalue weighted by atomic mass is 9.70. The van der Waals surface area contributed by atoms with Gasteiger partial charge in [0.25, 0.3) is 0 Å². The minimum Gasteiger partial charge on any atom is -0.321 e. The van der Waals surface area contributed by atoms with Gasteiger partial charge in [0, 0.05) is 5.54 Å². The fourth-order valence-electron chi connectivity index (χ4n) is 3.21. The summed E-state index contributed by atoms with van der Waals surface area (Å²) < 4.78 is 38.1. The molecule has 1 saturated carbocycles. The maximum absolute atomic E-state index is 12.7. The first-order valence-electron chi connectivity index (χ1n) is 6.55. The Morgan fingerprint density at radius 3 is 2.21 bits per heavy atom. The number of benzene rings is 1. The number of aryl methyl sites for hydroxylation is 1. The predicted molar refractivity (Wildman–Crippen MR) is 69.7 cm³/mol. The summed E-state index contributed by atoms with van der Waals surface area (Å²) in [5, 5.41) is 0. The first-order chi connectivity index (χ1) is 8.58. The molecule has 0 spiro atoms. The van der Waals surface area contributed by atoms with Crippen molar-refractivity contribution in [2.45, 2.75) is 51.7 Å². The van der Waals surface area contributed by atoms with Crippen molar-refractivity contribution < 1.29 is 13.2 Å². The smallest absolute Gasteiger partial charge is 0.321 e. The quantitative estimate of drug-likeness (QED) is 0.806. The van der Waals surface area contributed by atoms with Gasteiger partial charge in [0.2, 0.25) is 0 Å². The zero-order chi connectivity index (χ0) is 14.5. The summed E-state index contributed by atoms with van der Waals surface area (Å²) in [6.45, 7) is 5.90. The number of halogens is 3. The van der Waals surface area contributed by atoms with E-state index in [0.29, 0.717) is 5.56 Å². The Morgan fingerprint density at radius 1 is 1.16 bits per heavy atom. The second-order valence-electron chi connectivity index (χ2n) is 6.24. The molecule has 0 radical (unpaired) electrons. The van der Waals surface area contributed by atoms with Gasteiger partial charge < -0.3 is 5.73 Å². The van der Waals surface area contributed by atoms with E-state index in [9.17, 15) is 13.2 Å². The van der Waals surface area contributed by atoms with Crippen LogP contribution in [-0.4, -0.2) is 0 Å². The van der Waals surface area contributed by atoms with Gasteiger partial charge in [-0.25, -0.2) is 0 Å². The normalized spacial score (nSPS) is 26.7. The van der Waals surface area contributed by atoms with Crippen molar-refractivity contribution in [2.24, 2.45) is 11.1 Å². The van der Waals surface area contributed by atoms with Crippen LogP contribution in [0.4, 0.5) is 13.2 Å². The number of alkyl halides is 3. The fraction of sp³-hybridized carbons (Fsp3) is 0.600. The van der Waals surface area contributed by atoms with Gasteiger partial charge in [-0.15, -0.1) is 0 Å². The molecule has 1 fully saturated rings. The molecule has 2 rings (SSSR count). The maximum atomic E-state index is 12.7. The van der Waals surface area contributed by atoms with Gasteiger partial charge in [-0.2, -0.15) is 13.2 Å². The van der Waals surface area contributed by atoms with E-state index in [1.54, 1.807) is 13.0 Å². The van der Waals surface area contributed by atoms with Gasteiger partial charge >= 0.3 is 6.18 Å². The minimum absolute atomic E-state index is 0.0858. The standard InChI is InChI=1S/C15H20F3N/c1-10-9-11(15(16,17)18)5-6-12(10)14(19)8-4-7-13(14,2)3/h5-6,9H,4,7-8,19H2,1-3H3. The van der Waals surface area contributed by atoms with Gasteiger partial charge in [0.05, 0.1) is 5.56 Å². The average molecular weight is 271 g/mol. The molecule has 0 heterocycles. The molecule has 0 bridgehead atoms. The van der Waals surface area contributed by atoms with Gasteiger partial charge in [-0.05, 0) is 48.4 Å². The predicted octanol–water partition coefficient (Wildman–Crippen LogP) is 4.38. The molecule has 0 aromatic heterocycles. The molecule has 19 heavy (non-hydrogen) atoms. The minimum atomic E-state index is -4.30. The van der Waals surface area contributed by atoms with Crippen LogP contribution in [0.2, 0.25) is 0 Å². The Labute approximate surface area is 112 Å². The molecule has 4 heteroatoms. The highest BCUT2D eigenvalue weighted by molar-refractivity contribution is 5.39. The van der Waals surface area contributed by atoms with Gasteiger partial charge in [-0.3, -0.25) is 0 Å². The zero-order valence-corrected chi connectivity index (χ0v) is 11.6. The van der Waals surface area contributed by atoms with E-state index in [4.69, 9.17) is 5.73 Å². The number of hydrogen-bond acceptors (Lipinski definition) is 1. The Morgan fingerprint density at radius 2 is 1.79 bits per heavy atom. The second kappa shape index (κ2) is 4.23. The van der Waals surface area contributed by atoms with Crippen molar-refractivity contribution in [3.8, 4) is 0 Å². The lowest BCUT2D eigenvalue weighted by Crippen LogP contribution is -2.46. The largest absolute Gasteiger partial charge is 0.416 e. The van der Waals surface area contributed by atoms with Crippen LogP contribution in [0.15, 0.2) is 18.2 Å². The van der Waals surface area contributed by atoms with E-state index in [1.165, 1.54) is 6.07 Å². The topological polar surface area (TPSA) is 26.0 Å². The highest BCUT2D eigenvalue weighted by atomic mass is 19.4. The van der Waals surface area contributed by atoms with Crippen LogP contribution in [0.3, 0.4) is 0 Å². The van der Waals surface area contributed by atoms with E-state index in [-0.39, 0.29) is 5.41 Å². The monoisotopic (exact) mass is 271 g/mol. The molecular formula is C15H20F3N. The molecule has 2 N–H and O–H groups in total. The maximum Gasteiger partial charge on any atom is 0.416 e. The Hall–Kier alpha value is -1.03. The SMILES string of the molecule is Cc1cc(C(F)(F)F)ccc1C1(N)CCCC1(C)C. The van der Waals surface area contributed by atoms with Crippen molar-refractivity contribution in [1.29, 1.82) is 0 Å². The second-order valence-corrected chi connectivity index (χ2v) is 6.24. The Balaban J connectivity index is 2.48. The lowest BCUT2D eigenvalue weighted by molar-refractivity contribution is -0.137. The zero-order valence-electron chi connectivity index (χ0n) is 11.6. The molecule has 1 unspecified atom stereocenters. The van der Waals surface area contributed by atoms with Crippen molar-refractivity contribution in [3.05, 3.63) is 34.9 Å². The molecule has 1 aliphatic carbocycles. The van der Waals surface area contributed by atoms with E-state index in [0.717, 1.165) is 30.9 Å². The van der Waals surface area contributed by atoms with Crippen molar-refractivity contribution >= 4 is 0 Å². The van der Waals surface area contributed by atoms with E-state index >= 15 is 0 Å². The summed E-state index contributed by atoms with van der Waals surface area (Å²) >= 11 is 0. The first-order valence-corrected chi connectivity index (χ1v) is 6.55. The fourth-order valence-corrected chi connectivity index (χ4v) is 3.21. The first kappa shape index (κ1) is 14.4. The number of rotatable bonds is 1. The molecular weight excluding hydrogens is 251 g/mol. The van der Waals surface area contributed by atoms with Crippen LogP contribution in [0.25, 0.3) is 0 Å². The van der Waals surface area contributed by atoms with Crippen LogP contribution >= 0.6 is 0 Å². The summed E-state index contributed by atoms with van der Waals surface area (Å²) in [6.07, 6.45) is -1.45. The van der Waals surface area contributed by atoms with Crippen LogP contribution in [0, 0.1) is 12.3 Å². The van der Waals surface area contributed by atoms with E-state index in [2.05, 4.69) is 13.8 Å². The van der Waals surface area contributed by atoms with Gasteiger partial charge in [-0.1, -0.05) is 26.3 Å². The van der Waals surface area contributed by atoms with Crippen molar-refractivity contribution in [3.63, 3.8) is 0 Å².